The van der Waals surface area contributed by atoms with E-state index in [1.807, 2.05) is 26.2 Å². The zero-order valence-electron chi connectivity index (χ0n) is 8.14. The minimum atomic E-state index is 1.02. The Morgan fingerprint density at radius 2 is 2.07 bits per heavy atom. The van der Waals surface area contributed by atoms with E-state index in [9.17, 15) is 0 Å². The highest BCUT2D eigenvalue weighted by Crippen LogP contribution is 2.17. The average molecular weight is 205 g/mol. The third-order valence-electron chi connectivity index (χ3n) is 2.09. The van der Waals surface area contributed by atoms with Crippen molar-refractivity contribution in [2.75, 3.05) is 7.05 Å². The quantitative estimate of drug-likeness (QED) is 0.696. The fourth-order valence-electron chi connectivity index (χ4n) is 1.36. The van der Waals surface area contributed by atoms with Crippen LogP contribution in [0.25, 0.3) is 11.3 Å². The number of nitrogens with zero attached hydrogens (tertiary/aromatic N) is 3. The molecule has 0 aliphatic carbocycles. The van der Waals surface area contributed by atoms with Crippen molar-refractivity contribution in [1.29, 1.82) is 0 Å². The van der Waals surface area contributed by atoms with E-state index in [1.54, 1.807) is 23.7 Å². The Morgan fingerprint density at radius 3 is 2.64 bits per heavy atom. The van der Waals surface area contributed by atoms with Crippen LogP contribution < -0.4 is 4.80 Å². The van der Waals surface area contributed by atoms with Crippen LogP contribution in [0.4, 0.5) is 0 Å². The van der Waals surface area contributed by atoms with E-state index >= 15 is 0 Å². The summed E-state index contributed by atoms with van der Waals surface area (Å²) in [6.45, 7) is 0. The summed E-state index contributed by atoms with van der Waals surface area (Å²) in [5.74, 6) is 0. The maximum Gasteiger partial charge on any atom is 0.184 e. The van der Waals surface area contributed by atoms with Crippen molar-refractivity contribution in [2.45, 2.75) is 0 Å². The first-order valence-corrected chi connectivity index (χ1v) is 5.18. The third-order valence-corrected chi connectivity index (χ3v) is 3.10. The van der Waals surface area contributed by atoms with Crippen LogP contribution >= 0.6 is 11.3 Å². The van der Waals surface area contributed by atoms with E-state index in [-0.39, 0.29) is 0 Å². The molecule has 2 aromatic rings. The Labute approximate surface area is 86.4 Å². The van der Waals surface area contributed by atoms with Crippen molar-refractivity contribution in [2.24, 2.45) is 12.0 Å². The summed E-state index contributed by atoms with van der Waals surface area (Å²) in [4.78, 5) is 9.21. The molecule has 0 spiro atoms. The standard InChI is InChI=1S/C10H11N3S/c1-11-10-13(2)9(7-14-10)8-3-5-12-6-4-8/h3-7H,1-2H3. The number of rotatable bonds is 1. The second-order valence-corrected chi connectivity index (χ2v) is 3.76. The van der Waals surface area contributed by atoms with Crippen LogP contribution in [-0.2, 0) is 7.05 Å². The van der Waals surface area contributed by atoms with Crippen molar-refractivity contribution in [3.05, 3.63) is 34.7 Å². The average Bonchev–Trinajstić information content (AvgIpc) is 2.61. The Kier molecular flexibility index (Phi) is 2.45. The van der Waals surface area contributed by atoms with E-state index in [2.05, 4.69) is 19.9 Å². The van der Waals surface area contributed by atoms with Gasteiger partial charge in [0.2, 0.25) is 0 Å². The highest BCUT2D eigenvalue weighted by molar-refractivity contribution is 7.07. The predicted octanol–water partition coefficient (Wildman–Crippen LogP) is 1.68. The normalized spacial score (nSPS) is 12.0. The summed E-state index contributed by atoms with van der Waals surface area (Å²) in [5.41, 5.74) is 2.35. The van der Waals surface area contributed by atoms with Gasteiger partial charge in [0, 0.05) is 37.4 Å². The fraction of sp³-hybridized carbons (Fsp3) is 0.200. The van der Waals surface area contributed by atoms with Crippen LogP contribution in [-0.4, -0.2) is 16.6 Å². The van der Waals surface area contributed by atoms with E-state index in [1.165, 1.54) is 11.3 Å². The van der Waals surface area contributed by atoms with Crippen LogP contribution in [0, 0.1) is 0 Å². The van der Waals surface area contributed by atoms with Gasteiger partial charge in [-0.3, -0.25) is 9.98 Å². The molecule has 0 N–H and O–H groups in total. The molecule has 0 aliphatic rings. The van der Waals surface area contributed by atoms with Gasteiger partial charge in [-0.2, -0.15) is 0 Å². The lowest BCUT2D eigenvalue weighted by Crippen LogP contribution is -2.10. The minimum absolute atomic E-state index is 1.02. The molecule has 2 aromatic heterocycles. The molecule has 0 unspecified atom stereocenters. The lowest BCUT2D eigenvalue weighted by molar-refractivity contribution is 0.875. The smallest absolute Gasteiger partial charge is 0.184 e. The molecule has 2 rings (SSSR count). The summed E-state index contributed by atoms with van der Waals surface area (Å²) < 4.78 is 2.08. The Balaban J connectivity index is 2.59. The number of aromatic nitrogens is 2. The SMILES string of the molecule is CN=c1scc(-c2ccncc2)n1C. The molecule has 4 heteroatoms. The summed E-state index contributed by atoms with van der Waals surface area (Å²) in [5, 5.41) is 2.11. The summed E-state index contributed by atoms with van der Waals surface area (Å²) in [7, 11) is 3.83. The highest BCUT2D eigenvalue weighted by Gasteiger charge is 2.02. The van der Waals surface area contributed by atoms with Gasteiger partial charge in [0.1, 0.15) is 0 Å². The highest BCUT2D eigenvalue weighted by atomic mass is 32.1. The Hall–Kier alpha value is -1.42. The van der Waals surface area contributed by atoms with Crippen molar-refractivity contribution in [3.8, 4) is 11.3 Å². The Bertz CT molecular complexity index is 482. The van der Waals surface area contributed by atoms with Crippen LogP contribution in [0.5, 0.6) is 0 Å². The van der Waals surface area contributed by atoms with Crippen LogP contribution in [0.2, 0.25) is 0 Å². The molecule has 3 nitrogen and oxygen atoms in total. The van der Waals surface area contributed by atoms with Crippen molar-refractivity contribution in [3.63, 3.8) is 0 Å². The van der Waals surface area contributed by atoms with Crippen LogP contribution in [0.1, 0.15) is 0 Å². The molecule has 0 bridgehead atoms. The first kappa shape index (κ1) is 9.15. The van der Waals surface area contributed by atoms with E-state index in [0.29, 0.717) is 0 Å². The second kappa shape index (κ2) is 3.75. The van der Waals surface area contributed by atoms with Crippen LogP contribution in [0.15, 0.2) is 34.9 Å². The van der Waals surface area contributed by atoms with E-state index in [0.717, 1.165) is 4.80 Å². The number of pyridine rings is 1. The molecule has 0 radical (unpaired) electrons. The van der Waals surface area contributed by atoms with E-state index < -0.39 is 0 Å². The van der Waals surface area contributed by atoms with Gasteiger partial charge >= 0.3 is 0 Å². The molecular formula is C10H11N3S. The van der Waals surface area contributed by atoms with Crippen molar-refractivity contribution < 1.29 is 0 Å². The van der Waals surface area contributed by atoms with Gasteiger partial charge in [0.25, 0.3) is 0 Å². The maximum absolute atomic E-state index is 4.18. The molecule has 0 saturated heterocycles. The van der Waals surface area contributed by atoms with Crippen molar-refractivity contribution in [1.82, 2.24) is 9.55 Å². The summed E-state index contributed by atoms with van der Waals surface area (Å²) in [6.07, 6.45) is 3.60. The van der Waals surface area contributed by atoms with Gasteiger partial charge in [-0.25, -0.2) is 0 Å². The first-order valence-electron chi connectivity index (χ1n) is 4.30. The molecule has 0 atom stereocenters. The molecule has 0 aliphatic heterocycles. The van der Waals surface area contributed by atoms with Crippen LogP contribution in [0.3, 0.4) is 0 Å². The van der Waals surface area contributed by atoms with Gasteiger partial charge < -0.3 is 4.57 Å². The molecule has 0 aromatic carbocycles. The maximum atomic E-state index is 4.18. The summed E-state index contributed by atoms with van der Waals surface area (Å²) >= 11 is 1.65. The van der Waals surface area contributed by atoms with Crippen molar-refractivity contribution >= 4 is 11.3 Å². The zero-order valence-corrected chi connectivity index (χ0v) is 8.95. The minimum Gasteiger partial charge on any atom is -0.320 e. The molecule has 2 heterocycles. The first-order chi connectivity index (χ1) is 6.83. The lowest BCUT2D eigenvalue weighted by atomic mass is 10.2. The van der Waals surface area contributed by atoms with Gasteiger partial charge in [0.05, 0.1) is 5.69 Å². The predicted molar refractivity (Wildman–Crippen MR) is 58.0 cm³/mol. The second-order valence-electron chi connectivity index (χ2n) is 2.92. The molecule has 0 saturated carbocycles. The van der Waals surface area contributed by atoms with Gasteiger partial charge in [0.15, 0.2) is 4.80 Å². The monoisotopic (exact) mass is 205 g/mol. The largest absolute Gasteiger partial charge is 0.320 e. The van der Waals surface area contributed by atoms with Gasteiger partial charge in [-0.1, -0.05) is 0 Å². The third kappa shape index (κ3) is 1.48. The topological polar surface area (TPSA) is 30.2 Å². The molecule has 0 amide bonds. The Morgan fingerprint density at radius 1 is 1.36 bits per heavy atom. The van der Waals surface area contributed by atoms with Gasteiger partial charge in [-0.15, -0.1) is 11.3 Å². The molecule has 72 valence electrons. The van der Waals surface area contributed by atoms with E-state index in [4.69, 9.17) is 0 Å². The summed E-state index contributed by atoms with van der Waals surface area (Å²) in [6, 6.07) is 4.00. The zero-order chi connectivity index (χ0) is 9.97. The van der Waals surface area contributed by atoms with Gasteiger partial charge in [-0.05, 0) is 12.1 Å². The lowest BCUT2D eigenvalue weighted by Gasteiger charge is -2.00. The molecular weight excluding hydrogens is 194 g/mol. The fourth-order valence-corrected chi connectivity index (χ4v) is 2.23. The number of hydrogen-bond acceptors (Lipinski definition) is 3. The molecule has 14 heavy (non-hydrogen) atoms. The number of thiazole rings is 1. The molecule has 0 fully saturated rings. The number of hydrogen-bond donors (Lipinski definition) is 0.